The summed E-state index contributed by atoms with van der Waals surface area (Å²) in [4.78, 5) is 75.2. The fourth-order valence-electron chi connectivity index (χ4n) is 3.05. The topological polar surface area (TPSA) is 290 Å². The van der Waals surface area contributed by atoms with Crippen LogP contribution < -0.4 is 33.2 Å². The number of nitrogens with one attached hydrogen (secondary N) is 3. The third-order valence-corrected chi connectivity index (χ3v) is 5.37. The molecule has 0 spiro atoms. The van der Waals surface area contributed by atoms with Crippen LogP contribution in [0.15, 0.2) is 4.99 Å². The molecule has 5 unspecified atom stereocenters. The first-order valence-electron chi connectivity index (χ1n) is 11.6. The fourth-order valence-corrected chi connectivity index (χ4v) is 3.05. The molecule has 0 aromatic rings. The van der Waals surface area contributed by atoms with Crippen molar-refractivity contribution >= 4 is 41.6 Å². The second kappa shape index (κ2) is 16.7. The molecule has 0 rings (SSSR count). The standard InChI is InChI=1S/C21H37N7O9/c1-3-10(2)16(19(35)27-13(20(36)37)9-15(31)32)28-18(34)12(5-4-8-25-21(23)24)26-17(33)11(22)6-7-14(29)30/h10-13,16H,3-9,22H2,1-2H3,(H,26,33)(H,27,35)(H,28,34)(H,29,30)(H,31,32)(H,36,37)(H4,23,24,25). The van der Waals surface area contributed by atoms with Gasteiger partial charge in [0, 0.05) is 13.0 Å². The molecule has 37 heavy (non-hydrogen) atoms. The maximum atomic E-state index is 13.1. The number of hydrogen-bond donors (Lipinski definition) is 9. The molecular formula is C21H37N7O9. The van der Waals surface area contributed by atoms with Crippen molar-refractivity contribution in [2.45, 2.75) is 76.5 Å². The summed E-state index contributed by atoms with van der Waals surface area (Å²) in [5, 5.41) is 33.9. The van der Waals surface area contributed by atoms with E-state index < -0.39 is 72.1 Å². The van der Waals surface area contributed by atoms with E-state index in [1.54, 1.807) is 13.8 Å². The van der Waals surface area contributed by atoms with Crippen LogP contribution in [0.3, 0.4) is 0 Å². The fraction of sp³-hybridized carbons (Fsp3) is 0.667. The van der Waals surface area contributed by atoms with Crippen LogP contribution in [0.25, 0.3) is 0 Å². The van der Waals surface area contributed by atoms with Gasteiger partial charge in [0.2, 0.25) is 17.7 Å². The van der Waals surface area contributed by atoms with E-state index in [1.165, 1.54) is 0 Å². The Bertz CT molecular complexity index is 861. The Balaban J connectivity index is 5.68. The SMILES string of the molecule is CCC(C)C(NC(=O)C(CCCN=C(N)N)NC(=O)C(N)CCC(=O)O)C(=O)NC(CC(=O)O)C(=O)O. The molecule has 16 nitrogen and oxygen atoms in total. The maximum absolute atomic E-state index is 13.1. The third kappa shape index (κ3) is 13.6. The highest BCUT2D eigenvalue weighted by Gasteiger charge is 2.33. The summed E-state index contributed by atoms with van der Waals surface area (Å²) < 4.78 is 0. The van der Waals surface area contributed by atoms with Crippen molar-refractivity contribution < 1.29 is 44.1 Å². The molecule has 210 valence electrons. The number of hydrogen-bond acceptors (Lipinski definition) is 8. The Labute approximate surface area is 213 Å². The number of carbonyl (C=O) groups excluding carboxylic acids is 3. The van der Waals surface area contributed by atoms with Gasteiger partial charge in [-0.3, -0.25) is 29.0 Å². The van der Waals surface area contributed by atoms with Gasteiger partial charge in [-0.25, -0.2) is 4.79 Å². The van der Waals surface area contributed by atoms with Gasteiger partial charge in [-0.1, -0.05) is 20.3 Å². The van der Waals surface area contributed by atoms with Crippen LogP contribution in [-0.4, -0.2) is 87.6 Å². The van der Waals surface area contributed by atoms with Gasteiger partial charge in [0.15, 0.2) is 5.96 Å². The Morgan fingerprint density at radius 1 is 0.838 bits per heavy atom. The molecule has 16 heteroatoms. The van der Waals surface area contributed by atoms with Crippen LogP contribution in [0, 0.1) is 5.92 Å². The number of guanidine groups is 1. The second-order valence-electron chi connectivity index (χ2n) is 8.42. The zero-order valence-electron chi connectivity index (χ0n) is 20.8. The van der Waals surface area contributed by atoms with E-state index >= 15 is 0 Å². The smallest absolute Gasteiger partial charge is 0.326 e. The molecule has 0 fully saturated rings. The average Bonchev–Trinajstić information content (AvgIpc) is 2.80. The quantitative estimate of drug-likeness (QED) is 0.0495. The number of nitrogens with zero attached hydrogens (tertiary/aromatic N) is 1. The lowest BCUT2D eigenvalue weighted by Gasteiger charge is -2.28. The molecule has 0 aliphatic carbocycles. The van der Waals surface area contributed by atoms with E-state index in [0.717, 1.165) is 0 Å². The van der Waals surface area contributed by atoms with Crippen molar-refractivity contribution in [2.75, 3.05) is 6.54 Å². The number of amides is 3. The summed E-state index contributed by atoms with van der Waals surface area (Å²) in [6, 6.07) is -5.42. The van der Waals surface area contributed by atoms with Gasteiger partial charge in [0.05, 0.1) is 12.5 Å². The highest BCUT2D eigenvalue weighted by atomic mass is 16.4. The number of aliphatic carboxylic acids is 3. The van der Waals surface area contributed by atoms with Crippen LogP contribution in [-0.2, 0) is 28.8 Å². The average molecular weight is 532 g/mol. The van der Waals surface area contributed by atoms with Gasteiger partial charge in [-0.05, 0) is 25.2 Å². The molecule has 5 atom stereocenters. The number of carboxylic acid groups (broad SMARTS) is 3. The van der Waals surface area contributed by atoms with Gasteiger partial charge < -0.3 is 48.5 Å². The molecule has 0 radical (unpaired) electrons. The van der Waals surface area contributed by atoms with Gasteiger partial charge in [0.25, 0.3) is 0 Å². The maximum Gasteiger partial charge on any atom is 0.326 e. The van der Waals surface area contributed by atoms with Crippen molar-refractivity contribution in [2.24, 2.45) is 28.1 Å². The molecule has 0 aromatic heterocycles. The number of nitrogens with two attached hydrogens (primary N) is 3. The summed E-state index contributed by atoms with van der Waals surface area (Å²) in [6.07, 6.45) is -0.780. The molecule has 0 heterocycles. The predicted octanol–water partition coefficient (Wildman–Crippen LogP) is -2.71. The highest BCUT2D eigenvalue weighted by Crippen LogP contribution is 2.11. The van der Waals surface area contributed by atoms with Crippen LogP contribution in [0.4, 0.5) is 0 Å². The van der Waals surface area contributed by atoms with Crippen LogP contribution in [0.1, 0.15) is 52.4 Å². The summed E-state index contributed by atoms with van der Waals surface area (Å²) in [5.74, 6) is -7.35. The third-order valence-electron chi connectivity index (χ3n) is 5.37. The molecule has 3 amide bonds. The summed E-state index contributed by atoms with van der Waals surface area (Å²) in [6.45, 7) is 3.46. The first-order chi connectivity index (χ1) is 17.2. The number of carbonyl (C=O) groups is 6. The van der Waals surface area contributed by atoms with Crippen molar-refractivity contribution in [3.8, 4) is 0 Å². The Kier molecular flexibility index (Phi) is 14.9. The van der Waals surface area contributed by atoms with Crippen LogP contribution >= 0.6 is 0 Å². The van der Waals surface area contributed by atoms with Crippen LogP contribution in [0.5, 0.6) is 0 Å². The van der Waals surface area contributed by atoms with Crippen molar-refractivity contribution in [1.82, 2.24) is 16.0 Å². The zero-order chi connectivity index (χ0) is 28.7. The van der Waals surface area contributed by atoms with E-state index in [4.69, 9.17) is 27.4 Å². The highest BCUT2D eigenvalue weighted by molar-refractivity contribution is 5.94. The Morgan fingerprint density at radius 2 is 1.43 bits per heavy atom. The Hall–Kier alpha value is -3.95. The summed E-state index contributed by atoms with van der Waals surface area (Å²) in [7, 11) is 0. The van der Waals surface area contributed by atoms with Crippen molar-refractivity contribution in [3.05, 3.63) is 0 Å². The molecule has 0 saturated heterocycles. The monoisotopic (exact) mass is 531 g/mol. The molecule has 0 bridgehead atoms. The number of aliphatic imine (C=N–C) groups is 1. The van der Waals surface area contributed by atoms with Crippen molar-refractivity contribution in [1.29, 1.82) is 0 Å². The summed E-state index contributed by atoms with van der Waals surface area (Å²) in [5.41, 5.74) is 16.3. The van der Waals surface area contributed by atoms with Gasteiger partial charge in [-0.2, -0.15) is 0 Å². The lowest BCUT2D eigenvalue weighted by Crippen LogP contribution is -2.58. The number of rotatable bonds is 18. The molecule has 0 saturated carbocycles. The van der Waals surface area contributed by atoms with E-state index in [9.17, 15) is 33.9 Å². The molecule has 0 aromatic carbocycles. The minimum atomic E-state index is -1.73. The Morgan fingerprint density at radius 3 is 1.92 bits per heavy atom. The lowest BCUT2D eigenvalue weighted by atomic mass is 9.97. The number of carboxylic acids is 3. The summed E-state index contributed by atoms with van der Waals surface area (Å²) >= 11 is 0. The minimum Gasteiger partial charge on any atom is -0.481 e. The van der Waals surface area contributed by atoms with E-state index in [2.05, 4.69) is 20.9 Å². The normalized spacial score (nSPS) is 14.7. The lowest BCUT2D eigenvalue weighted by molar-refractivity contribution is -0.147. The van der Waals surface area contributed by atoms with Gasteiger partial charge in [0.1, 0.15) is 18.1 Å². The van der Waals surface area contributed by atoms with E-state index in [-0.39, 0.29) is 38.2 Å². The first kappa shape index (κ1) is 33.0. The molecule has 0 aliphatic rings. The van der Waals surface area contributed by atoms with Gasteiger partial charge >= 0.3 is 17.9 Å². The minimum absolute atomic E-state index is 0.0195. The van der Waals surface area contributed by atoms with E-state index in [1.807, 2.05) is 0 Å². The van der Waals surface area contributed by atoms with E-state index in [0.29, 0.717) is 6.42 Å². The predicted molar refractivity (Wildman–Crippen MR) is 130 cm³/mol. The van der Waals surface area contributed by atoms with Crippen LogP contribution in [0.2, 0.25) is 0 Å². The molecular weight excluding hydrogens is 494 g/mol. The largest absolute Gasteiger partial charge is 0.481 e. The van der Waals surface area contributed by atoms with Crippen molar-refractivity contribution in [3.63, 3.8) is 0 Å². The molecule has 0 aliphatic heterocycles. The second-order valence-corrected chi connectivity index (χ2v) is 8.42. The van der Waals surface area contributed by atoms with Gasteiger partial charge in [-0.15, -0.1) is 0 Å². The first-order valence-corrected chi connectivity index (χ1v) is 11.6. The zero-order valence-corrected chi connectivity index (χ0v) is 20.8. The molecule has 12 N–H and O–H groups in total.